The van der Waals surface area contributed by atoms with Crippen molar-refractivity contribution in [3.63, 3.8) is 0 Å². The van der Waals surface area contributed by atoms with Crippen molar-refractivity contribution in [3.8, 4) is 11.5 Å². The molecule has 2 aromatic carbocycles. The predicted octanol–water partition coefficient (Wildman–Crippen LogP) is -3.04. The van der Waals surface area contributed by atoms with Gasteiger partial charge in [-0.05, 0) is 66.9 Å². The molecule has 5 N–H and O–H groups in total. The summed E-state index contributed by atoms with van der Waals surface area (Å²) in [5.41, 5.74) is 2.46. The maximum atomic E-state index is 11.8. The van der Waals surface area contributed by atoms with E-state index in [1.165, 1.54) is 37.8 Å². The molecule has 275 valence electrons. The Morgan fingerprint density at radius 3 is 1.67 bits per heavy atom. The monoisotopic (exact) mass is 782 g/mol. The number of benzene rings is 2. The third-order valence-electron chi connectivity index (χ3n) is 7.98. The van der Waals surface area contributed by atoms with Gasteiger partial charge in [0.15, 0.2) is 0 Å². The number of hydrogen-bond acceptors (Lipinski definition) is 14. The van der Waals surface area contributed by atoms with Crippen molar-refractivity contribution in [3.05, 3.63) is 57.6 Å². The van der Waals surface area contributed by atoms with Crippen molar-refractivity contribution in [1.82, 2.24) is 14.7 Å². The Hall–Kier alpha value is -0.381. The number of aromatic hydroxyl groups is 2. The average Bonchev–Trinajstić information content (AvgIpc) is 3.00. The van der Waals surface area contributed by atoms with Crippen molar-refractivity contribution < 1.29 is 101 Å². The topological polar surface area (TPSA) is 237 Å². The third kappa shape index (κ3) is 17.8. The summed E-state index contributed by atoms with van der Waals surface area (Å²) >= 11 is 0. The fourth-order valence-corrected chi connectivity index (χ4v) is 6.96. The predicted molar refractivity (Wildman–Crippen MR) is 172 cm³/mol. The molecule has 1 radical (unpaired) electrons. The molecule has 0 bridgehead atoms. The van der Waals surface area contributed by atoms with E-state index in [0.29, 0.717) is 35.1 Å². The van der Waals surface area contributed by atoms with Crippen LogP contribution in [0.1, 0.15) is 68.0 Å². The van der Waals surface area contributed by atoms with Crippen LogP contribution in [0.2, 0.25) is 0 Å². The van der Waals surface area contributed by atoms with Gasteiger partial charge in [0.1, 0.15) is 11.5 Å². The van der Waals surface area contributed by atoms with Gasteiger partial charge in [-0.15, -0.1) is 0 Å². The molecule has 0 saturated heterocycles. The minimum Gasteiger partial charge on any atom is -0.810 e. The molecule has 0 amide bonds. The molecule has 0 aliphatic rings. The molecule has 14 nitrogen and oxygen atoms in total. The number of aryl methyl sites for hydroxylation is 1. The van der Waals surface area contributed by atoms with Crippen LogP contribution in [-0.4, -0.2) is 91.6 Å². The second-order valence-corrected chi connectivity index (χ2v) is 14.2. The quantitative estimate of drug-likeness (QED) is 0.0705. The first-order valence-electron chi connectivity index (χ1n) is 15.7. The molecule has 0 heterocycles. The van der Waals surface area contributed by atoms with Crippen LogP contribution in [-0.2, 0) is 65.3 Å². The number of phenols is 2. The van der Waals surface area contributed by atoms with Crippen LogP contribution in [0, 0.1) is 0 Å². The van der Waals surface area contributed by atoms with E-state index < -0.39 is 47.0 Å². The molecular weight excluding hydrogens is 731 g/mol. The summed E-state index contributed by atoms with van der Waals surface area (Å²) in [5, 5.41) is 50.5. The minimum absolute atomic E-state index is 0. The van der Waals surface area contributed by atoms with Crippen LogP contribution < -0.4 is 49.1 Å². The first-order chi connectivity index (χ1) is 22.0. The van der Waals surface area contributed by atoms with Crippen LogP contribution in [0.25, 0.3) is 0 Å². The molecule has 0 spiro atoms. The fourth-order valence-electron chi connectivity index (χ4n) is 5.48. The summed E-state index contributed by atoms with van der Waals surface area (Å²) in [6, 6.07) is 4.52. The number of aliphatic hydroxyl groups is 3. The Morgan fingerprint density at radius 1 is 0.694 bits per heavy atom. The van der Waals surface area contributed by atoms with Gasteiger partial charge in [0, 0.05) is 49.4 Å². The van der Waals surface area contributed by atoms with Crippen LogP contribution in [0.3, 0.4) is 0 Å². The minimum atomic E-state index is -5.24. The molecule has 0 aliphatic carbocycles. The Kier molecular flexibility index (Phi) is 25.7. The van der Waals surface area contributed by atoms with Gasteiger partial charge in [0.25, 0.3) is 0 Å². The molecule has 0 aliphatic heterocycles. The zero-order valence-electron chi connectivity index (χ0n) is 29.4. The van der Waals surface area contributed by atoms with E-state index >= 15 is 0 Å². The standard InChI is InChI=1S/C25H40N2O11P2.C6H15N.Fe.Na/c1-3-18-7-17(12-28)8-25(32)22(18)10-26(15-39(33,34)35)9-20(14-30)27(16-40(36,37)38)11-23-21(4-2)19(13-29)5-6-24(23)31;1-4-7(5-2)6-3;;/h5-8,20,28-32H,3-4,9-16H2,1-2H3,(H2,33,34,35)(H2,36,37,38);4-6H2,1-3H3;;/q;;+3;+1/p-4. The van der Waals surface area contributed by atoms with Gasteiger partial charge >= 0.3 is 46.6 Å². The van der Waals surface area contributed by atoms with E-state index in [2.05, 4.69) is 25.7 Å². The van der Waals surface area contributed by atoms with Gasteiger partial charge < -0.3 is 59.1 Å². The Balaban J connectivity index is 0. The zero-order valence-corrected chi connectivity index (χ0v) is 34.2. The molecule has 0 saturated carbocycles. The molecule has 0 aromatic heterocycles. The molecule has 2 aromatic rings. The van der Waals surface area contributed by atoms with E-state index in [4.69, 9.17) is 0 Å². The Labute approximate surface area is 323 Å². The average molecular weight is 783 g/mol. The van der Waals surface area contributed by atoms with E-state index in [9.17, 15) is 54.2 Å². The number of aliphatic hydroxyl groups excluding tert-OH is 3. The summed E-state index contributed by atoms with van der Waals surface area (Å²) in [6.07, 6.45) is -1.38. The van der Waals surface area contributed by atoms with Crippen molar-refractivity contribution >= 4 is 15.2 Å². The van der Waals surface area contributed by atoms with E-state index in [1.54, 1.807) is 19.9 Å². The van der Waals surface area contributed by atoms with Crippen LogP contribution >= 0.6 is 15.2 Å². The van der Waals surface area contributed by atoms with E-state index in [-0.39, 0.29) is 95.6 Å². The number of hydrogen-bond donors (Lipinski definition) is 5. The summed E-state index contributed by atoms with van der Waals surface area (Å²) in [7, 11) is -10.4. The molecule has 49 heavy (non-hydrogen) atoms. The fraction of sp³-hybridized carbons (Fsp3) is 0.613. The third-order valence-corrected chi connectivity index (χ3v) is 9.43. The Morgan fingerprint density at radius 2 is 1.27 bits per heavy atom. The zero-order chi connectivity index (χ0) is 35.9. The molecule has 1 unspecified atom stereocenters. The van der Waals surface area contributed by atoms with Crippen LogP contribution in [0.4, 0.5) is 0 Å². The largest absolute Gasteiger partial charge is 3.00 e. The van der Waals surface area contributed by atoms with Gasteiger partial charge in [-0.2, -0.15) is 0 Å². The summed E-state index contributed by atoms with van der Waals surface area (Å²) in [4.78, 5) is 51.8. The summed E-state index contributed by atoms with van der Waals surface area (Å²) in [5.74, 6) is -0.483. The van der Waals surface area contributed by atoms with Gasteiger partial charge in [-0.1, -0.05) is 61.9 Å². The van der Waals surface area contributed by atoms with Gasteiger partial charge in [0.2, 0.25) is 0 Å². The first kappa shape index (κ1) is 50.7. The van der Waals surface area contributed by atoms with E-state index in [1.807, 2.05) is 0 Å². The summed E-state index contributed by atoms with van der Waals surface area (Å²) in [6.45, 7) is 11.1. The second kappa shape index (κ2) is 24.8. The van der Waals surface area contributed by atoms with E-state index in [0.717, 1.165) is 9.80 Å². The number of phenolic OH excluding ortho intramolecular Hbond substituents is 2. The van der Waals surface area contributed by atoms with Crippen molar-refractivity contribution in [2.75, 3.05) is 45.4 Å². The maximum Gasteiger partial charge on any atom is 3.00 e. The number of rotatable bonds is 19. The molecule has 1 atom stereocenters. The van der Waals surface area contributed by atoms with Gasteiger partial charge in [-0.3, -0.25) is 9.80 Å². The van der Waals surface area contributed by atoms with Crippen molar-refractivity contribution in [2.24, 2.45) is 0 Å². The molecular formula is C31H51FeN3NaO11P2. The van der Waals surface area contributed by atoms with Gasteiger partial charge in [-0.25, -0.2) is 0 Å². The van der Waals surface area contributed by atoms with Gasteiger partial charge in [0.05, 0.1) is 19.8 Å². The second-order valence-electron chi connectivity index (χ2n) is 11.2. The Bertz CT molecular complexity index is 1340. The van der Waals surface area contributed by atoms with Crippen LogP contribution in [0.5, 0.6) is 11.5 Å². The van der Waals surface area contributed by atoms with Crippen molar-refractivity contribution in [2.45, 2.75) is 79.8 Å². The molecule has 0 fully saturated rings. The van der Waals surface area contributed by atoms with Crippen LogP contribution in [0.15, 0.2) is 24.3 Å². The first-order valence-corrected chi connectivity index (χ1v) is 19.2. The molecule has 18 heteroatoms. The normalized spacial score (nSPS) is 12.4. The maximum absolute atomic E-state index is 11.8. The van der Waals surface area contributed by atoms with Crippen molar-refractivity contribution in [1.29, 1.82) is 0 Å². The smallest absolute Gasteiger partial charge is 0.810 e. The molecule has 2 rings (SSSR count). The summed E-state index contributed by atoms with van der Waals surface area (Å²) < 4.78 is 23.6. The SMILES string of the molecule is CCN(CC)CC.CCc1cc(CO)cc(O)c1CN(CC(CO)N(Cc1c(O)ccc(CO)c1CC)CP(=O)([O-])[O-])CP(=O)([O-])[O-].[Fe+3].[Na+]. The number of nitrogens with zero attached hydrogens (tertiary/aromatic N) is 3.